The lowest BCUT2D eigenvalue weighted by Gasteiger charge is -2.33. The number of aromatic nitrogens is 3. The number of nitrogens with one attached hydrogen (secondary N) is 5. The minimum absolute atomic E-state index is 0.0906. The van der Waals surface area contributed by atoms with Crippen LogP contribution >= 0.6 is 0 Å². The lowest BCUT2D eigenvalue weighted by molar-refractivity contribution is -0.231. The number of anilines is 1. The minimum atomic E-state index is -5.46. The largest absolute Gasteiger partial charge is 0.477 e. The third-order valence-electron chi connectivity index (χ3n) is 12.6. The number of aryl methyl sites for hydroxylation is 1. The number of alkyl halides is 4. The van der Waals surface area contributed by atoms with Gasteiger partial charge in [0.15, 0.2) is 5.82 Å². The summed E-state index contributed by atoms with van der Waals surface area (Å²) < 4.78 is 61.6. The molecule has 19 heteroatoms. The van der Waals surface area contributed by atoms with Crippen LogP contribution in [0.15, 0.2) is 66.7 Å². The Morgan fingerprint density at radius 1 is 0.853 bits per heavy atom. The highest BCUT2D eigenvalue weighted by Crippen LogP contribution is 2.42. The van der Waals surface area contributed by atoms with Crippen molar-refractivity contribution in [3.63, 3.8) is 0 Å². The Morgan fingerprint density at radius 2 is 1.49 bits per heavy atom. The lowest BCUT2D eigenvalue weighted by Crippen LogP contribution is -2.48. The summed E-state index contributed by atoms with van der Waals surface area (Å²) in [5, 5.41) is 25.6. The van der Waals surface area contributed by atoms with E-state index in [1.165, 1.54) is 24.3 Å². The second-order valence-corrected chi connectivity index (χ2v) is 19.1. The Kier molecular flexibility index (Phi) is 16.0. The van der Waals surface area contributed by atoms with Gasteiger partial charge in [-0.15, -0.1) is 0 Å². The number of H-pyrrole nitrogens is 1. The highest BCUT2D eigenvalue weighted by Gasteiger charge is 2.65. The molecule has 2 fully saturated rings. The van der Waals surface area contributed by atoms with E-state index in [9.17, 15) is 41.5 Å². The van der Waals surface area contributed by atoms with Gasteiger partial charge in [-0.25, -0.2) is 14.6 Å². The third kappa shape index (κ3) is 12.8. The molecular weight excluding hydrogens is 889 g/mol. The van der Waals surface area contributed by atoms with Crippen LogP contribution in [0.3, 0.4) is 0 Å². The van der Waals surface area contributed by atoms with E-state index >= 15 is 0 Å². The smallest absolute Gasteiger partial charge is 0.411 e. The van der Waals surface area contributed by atoms with Crippen molar-refractivity contribution in [2.24, 2.45) is 11.8 Å². The van der Waals surface area contributed by atoms with Crippen LogP contribution in [-0.2, 0) is 31.5 Å². The van der Waals surface area contributed by atoms with E-state index in [4.69, 9.17) is 9.84 Å². The van der Waals surface area contributed by atoms with E-state index in [1.807, 2.05) is 49.4 Å². The number of hydrogen-bond donors (Lipinski definition) is 6. The first-order valence-corrected chi connectivity index (χ1v) is 22.8. The van der Waals surface area contributed by atoms with Gasteiger partial charge in [-0.3, -0.25) is 19.5 Å². The molecule has 15 nitrogen and oxygen atoms in total. The molecule has 0 radical (unpaired) electrons. The van der Waals surface area contributed by atoms with Crippen LogP contribution in [0, 0.1) is 18.8 Å². The predicted molar refractivity (Wildman–Crippen MR) is 246 cm³/mol. The zero-order valence-corrected chi connectivity index (χ0v) is 39.1. The average molecular weight is 949 g/mol. The van der Waals surface area contributed by atoms with Gasteiger partial charge in [0.05, 0.1) is 0 Å². The average Bonchev–Trinajstić information content (AvgIpc) is 3.80. The van der Waals surface area contributed by atoms with Crippen molar-refractivity contribution in [1.29, 1.82) is 0 Å². The summed E-state index contributed by atoms with van der Waals surface area (Å²) in [6.45, 7) is 7.70. The van der Waals surface area contributed by atoms with E-state index in [0.717, 1.165) is 47.9 Å². The Balaban J connectivity index is 1.13. The maximum Gasteiger partial charge on any atom is 0.411 e. The second kappa shape index (κ2) is 21.3. The topological polar surface area (TPSA) is 208 Å². The fraction of sp³-hybridized carbons (Fsp3) is 0.490. The highest BCUT2D eigenvalue weighted by molar-refractivity contribution is 5.98. The van der Waals surface area contributed by atoms with Crippen molar-refractivity contribution >= 4 is 35.5 Å². The molecule has 1 heterocycles. The minimum Gasteiger partial charge on any atom is -0.477 e. The Labute approximate surface area is 392 Å². The van der Waals surface area contributed by atoms with Gasteiger partial charge in [0, 0.05) is 47.8 Å². The summed E-state index contributed by atoms with van der Waals surface area (Å²) >= 11 is 0. The molecule has 4 aromatic rings. The van der Waals surface area contributed by atoms with E-state index < -0.39 is 53.1 Å². The monoisotopic (exact) mass is 948 g/mol. The summed E-state index contributed by atoms with van der Waals surface area (Å²) in [5.74, 6) is -16.9. The molecule has 6 N–H and O–H groups in total. The number of amides is 4. The molecule has 0 unspecified atom stereocenters. The van der Waals surface area contributed by atoms with E-state index in [2.05, 4.69) is 50.3 Å². The normalized spacial score (nSPS) is 19.4. The van der Waals surface area contributed by atoms with Gasteiger partial charge in [0.25, 0.3) is 5.91 Å². The summed E-state index contributed by atoms with van der Waals surface area (Å²) in [4.78, 5) is 69.7. The first-order valence-electron chi connectivity index (χ1n) is 22.8. The molecule has 6 rings (SSSR count). The number of carbonyl (C=O) groups is 5. The number of aromatic amines is 1. The maximum atomic E-state index is 14.3. The number of alkyl carbamates (subject to hydrolysis) is 1. The Bertz CT molecular complexity index is 2420. The zero-order chi connectivity index (χ0) is 49.6. The summed E-state index contributed by atoms with van der Waals surface area (Å²) in [7, 11) is 4.17. The van der Waals surface area contributed by atoms with E-state index in [1.54, 1.807) is 25.9 Å². The van der Waals surface area contributed by atoms with Crippen molar-refractivity contribution < 1.29 is 51.4 Å². The summed E-state index contributed by atoms with van der Waals surface area (Å²) in [6, 6.07) is 18.3. The van der Waals surface area contributed by atoms with Gasteiger partial charge in [0.2, 0.25) is 17.6 Å². The van der Waals surface area contributed by atoms with Gasteiger partial charge < -0.3 is 36.0 Å². The number of ether oxygens (including phenoxy) is 1. The van der Waals surface area contributed by atoms with Crippen molar-refractivity contribution in [3.05, 3.63) is 89.2 Å². The molecule has 2 aliphatic carbocycles. The van der Waals surface area contributed by atoms with Crippen LogP contribution in [0.2, 0.25) is 0 Å². The standard InChI is InChI=1S/C49H60F4N8O7/c1-28-25-34(42(63)55-36-20-22-37(23-21-36)61(5)6)17-24-38(28)31-11-7-29(8-12-31)26-39(57-41(62)33-13-9-30(10-14-33)27-54-46(67)68-47(2,3)4)43(64)56-35-18-15-32(16-19-35)40-58-44(60-59-40)48(50,51)49(52,53)45(65)66/h7-8,11-12,15-19,24-25,30,33,36-37,39H,9-10,13-14,20-23,26-27H2,1-6H3,(H,54,67)(H,55,63)(H,56,64)(H,57,62)(H,65,66)(H,58,59,60)/t30?,33?,36?,37?,39-/m0/s1. The molecule has 4 amide bonds. The number of halogens is 4. The van der Waals surface area contributed by atoms with E-state index in [0.29, 0.717) is 43.8 Å². The molecule has 1 aromatic heterocycles. The number of nitrogens with zero attached hydrogens (tertiary/aromatic N) is 3. The van der Waals surface area contributed by atoms with Crippen LogP contribution in [0.4, 0.5) is 28.0 Å². The molecule has 1 atom stereocenters. The number of rotatable bonds is 16. The number of carbonyl (C=O) groups excluding carboxylic acids is 4. The number of carboxylic acids is 1. The van der Waals surface area contributed by atoms with E-state index in [-0.39, 0.29) is 47.4 Å². The number of aliphatic carboxylic acids is 1. The van der Waals surface area contributed by atoms with Crippen molar-refractivity contribution in [2.45, 2.75) is 121 Å². The van der Waals surface area contributed by atoms with Gasteiger partial charge in [-0.2, -0.15) is 22.7 Å². The van der Waals surface area contributed by atoms with Gasteiger partial charge in [-0.05, 0) is 158 Å². The second-order valence-electron chi connectivity index (χ2n) is 19.1. The molecule has 2 saturated carbocycles. The summed E-state index contributed by atoms with van der Waals surface area (Å²) in [5.41, 5.74) is 3.75. The maximum absolute atomic E-state index is 14.3. The Hall–Kier alpha value is -6.37. The SMILES string of the molecule is Cc1cc(C(=O)NC2CCC(N(C)C)CC2)ccc1-c1ccc(C[C@H](NC(=O)C2CCC(CNC(=O)OC(C)(C)C)CC2)C(=O)Nc2ccc(-c3n[nH]c(C(F)(F)C(F)(F)C(=O)O)n3)cc2)cc1. The molecule has 3 aromatic carbocycles. The lowest BCUT2D eigenvalue weighted by atomic mass is 9.81. The molecule has 0 spiro atoms. The molecule has 0 saturated heterocycles. The first-order chi connectivity index (χ1) is 32.0. The molecule has 68 heavy (non-hydrogen) atoms. The molecule has 0 aliphatic heterocycles. The van der Waals surface area contributed by atoms with Crippen LogP contribution in [0.25, 0.3) is 22.5 Å². The number of benzene rings is 3. The first kappa shape index (κ1) is 51.0. The highest BCUT2D eigenvalue weighted by atomic mass is 19.3. The van der Waals surface area contributed by atoms with Crippen LogP contribution < -0.4 is 21.3 Å². The molecule has 0 bridgehead atoms. The fourth-order valence-corrected chi connectivity index (χ4v) is 8.61. The van der Waals surface area contributed by atoms with Gasteiger partial charge in [-0.1, -0.05) is 30.3 Å². The van der Waals surface area contributed by atoms with Crippen molar-refractivity contribution in [2.75, 3.05) is 26.0 Å². The van der Waals surface area contributed by atoms with Crippen LogP contribution in [0.1, 0.15) is 99.4 Å². The summed E-state index contributed by atoms with van der Waals surface area (Å²) in [6.07, 6.45) is 5.96. The van der Waals surface area contributed by atoms with Gasteiger partial charge in [0.1, 0.15) is 11.6 Å². The third-order valence-corrected chi connectivity index (χ3v) is 12.6. The van der Waals surface area contributed by atoms with Crippen molar-refractivity contribution in [3.8, 4) is 22.5 Å². The van der Waals surface area contributed by atoms with Crippen LogP contribution in [-0.4, -0.2) is 105 Å². The number of carboxylic acid groups (broad SMARTS) is 1. The van der Waals surface area contributed by atoms with Crippen molar-refractivity contribution in [1.82, 2.24) is 36.0 Å². The molecule has 366 valence electrons. The van der Waals surface area contributed by atoms with Gasteiger partial charge >= 0.3 is 23.9 Å². The quantitative estimate of drug-likeness (QED) is 0.0600. The number of hydrogen-bond acceptors (Lipinski definition) is 9. The predicted octanol–water partition coefficient (Wildman–Crippen LogP) is 7.86. The Morgan fingerprint density at radius 3 is 2.07 bits per heavy atom. The zero-order valence-electron chi connectivity index (χ0n) is 39.1. The molecular formula is C49H60F4N8O7. The molecule has 2 aliphatic rings. The fourth-order valence-electron chi connectivity index (χ4n) is 8.61. The van der Waals surface area contributed by atoms with Crippen LogP contribution in [0.5, 0.6) is 0 Å².